The summed E-state index contributed by atoms with van der Waals surface area (Å²) in [4.78, 5) is 24.2. The third-order valence-corrected chi connectivity index (χ3v) is 8.78. The second-order valence-electron chi connectivity index (χ2n) is 14.9. The first-order valence-electron chi connectivity index (χ1n) is 18.7. The fraction of sp³-hybridized carbons (Fsp3) is 0.946. The predicted octanol–water partition coefficient (Wildman–Crippen LogP) is 7.18. The Morgan fingerprint density at radius 3 is 1.09 bits per heavy atom. The summed E-state index contributed by atoms with van der Waals surface area (Å²) in [5.74, 6) is -0.428. The molecule has 0 aliphatic rings. The number of likely N-dealkylation sites (N-methyl/N-ethyl adjacent to an activating group) is 2. The molecule has 2 N–H and O–H groups in total. The SMILES string of the molecule is CCCCCCCCCCCC(=O)OCC(O)C[N+](C)(C)CCC[N+](C)(C)CC(O)COC(=O)CCCCCCCCCCC. The molecule has 45 heavy (non-hydrogen) atoms. The molecule has 0 rings (SSSR count). The molecule has 0 saturated heterocycles. The van der Waals surface area contributed by atoms with Crippen molar-refractivity contribution in [1.82, 2.24) is 0 Å². The summed E-state index contributed by atoms with van der Waals surface area (Å²) in [7, 11) is 8.31. The number of carbonyl (C=O) groups is 2. The number of esters is 2. The van der Waals surface area contributed by atoms with Crippen LogP contribution in [0.25, 0.3) is 0 Å². The Morgan fingerprint density at radius 2 is 0.778 bits per heavy atom. The molecule has 0 saturated carbocycles. The molecule has 0 bridgehead atoms. The van der Waals surface area contributed by atoms with E-state index in [-0.39, 0.29) is 25.2 Å². The standard InChI is InChI=1S/C37H76N2O6/c1-7-9-11-13-15-17-19-21-23-26-36(42)44-32-34(40)30-38(3,4)28-25-29-39(5,6)31-35(41)33-45-37(43)27-24-22-20-18-16-14-12-10-8-2/h34-35,40-41H,7-33H2,1-6H3/q+2. The number of carbonyl (C=O) groups excluding carboxylic acids is 2. The molecule has 0 fully saturated rings. The van der Waals surface area contributed by atoms with E-state index in [9.17, 15) is 19.8 Å². The van der Waals surface area contributed by atoms with Gasteiger partial charge in [0.15, 0.2) is 0 Å². The topological polar surface area (TPSA) is 93.1 Å². The van der Waals surface area contributed by atoms with E-state index < -0.39 is 12.2 Å². The molecule has 268 valence electrons. The summed E-state index contributed by atoms with van der Waals surface area (Å²) < 4.78 is 11.9. The van der Waals surface area contributed by atoms with Gasteiger partial charge in [-0.2, -0.15) is 0 Å². The molecule has 8 nitrogen and oxygen atoms in total. The van der Waals surface area contributed by atoms with Crippen LogP contribution >= 0.6 is 0 Å². The Kier molecular flexibility index (Phi) is 27.1. The van der Waals surface area contributed by atoms with E-state index in [1.165, 1.54) is 89.9 Å². The Balaban J connectivity index is 3.98. The van der Waals surface area contributed by atoms with Gasteiger partial charge in [-0.15, -0.1) is 0 Å². The zero-order chi connectivity index (χ0) is 33.8. The van der Waals surface area contributed by atoms with E-state index in [1.54, 1.807) is 0 Å². The van der Waals surface area contributed by atoms with Gasteiger partial charge in [-0.3, -0.25) is 9.59 Å². The van der Waals surface area contributed by atoms with Crippen LogP contribution in [0.5, 0.6) is 0 Å². The van der Waals surface area contributed by atoms with Crippen LogP contribution in [0.3, 0.4) is 0 Å². The number of ether oxygens (including phenoxy) is 2. The third kappa shape index (κ3) is 29.9. The van der Waals surface area contributed by atoms with E-state index in [2.05, 4.69) is 42.0 Å². The average molecular weight is 645 g/mol. The number of quaternary nitrogens is 2. The van der Waals surface area contributed by atoms with E-state index in [4.69, 9.17) is 9.47 Å². The third-order valence-electron chi connectivity index (χ3n) is 8.78. The number of hydrogen-bond acceptors (Lipinski definition) is 6. The summed E-state index contributed by atoms with van der Waals surface area (Å²) in [6.07, 6.45) is 22.2. The average Bonchev–Trinajstić information content (AvgIpc) is 2.96. The van der Waals surface area contributed by atoms with Crippen molar-refractivity contribution in [3.05, 3.63) is 0 Å². The van der Waals surface area contributed by atoms with Crippen LogP contribution in [0.15, 0.2) is 0 Å². The lowest BCUT2D eigenvalue weighted by molar-refractivity contribution is -0.912. The summed E-state index contributed by atoms with van der Waals surface area (Å²) in [6.45, 7) is 7.29. The Hall–Kier alpha value is -1.22. The fourth-order valence-corrected chi connectivity index (χ4v) is 6.04. The molecule has 0 aliphatic heterocycles. The summed E-state index contributed by atoms with van der Waals surface area (Å²) >= 11 is 0. The minimum Gasteiger partial charge on any atom is -0.463 e. The molecule has 0 spiro atoms. The molecule has 0 aromatic rings. The van der Waals surface area contributed by atoms with Crippen LogP contribution in [-0.4, -0.2) is 111 Å². The van der Waals surface area contributed by atoms with Gasteiger partial charge in [-0.1, -0.05) is 117 Å². The van der Waals surface area contributed by atoms with Crippen LogP contribution in [-0.2, 0) is 19.1 Å². The van der Waals surface area contributed by atoms with Gasteiger partial charge in [0.05, 0.1) is 41.3 Å². The predicted molar refractivity (Wildman–Crippen MR) is 186 cm³/mol. The lowest BCUT2D eigenvalue weighted by atomic mass is 10.1. The quantitative estimate of drug-likeness (QED) is 0.0458. The maximum atomic E-state index is 12.1. The first kappa shape index (κ1) is 43.8. The Morgan fingerprint density at radius 1 is 0.489 bits per heavy atom. The van der Waals surface area contributed by atoms with E-state index >= 15 is 0 Å². The fourth-order valence-electron chi connectivity index (χ4n) is 6.04. The zero-order valence-electron chi connectivity index (χ0n) is 30.7. The molecule has 0 amide bonds. The highest BCUT2D eigenvalue weighted by Gasteiger charge is 2.26. The Bertz CT molecular complexity index is 657. The van der Waals surface area contributed by atoms with Crippen molar-refractivity contribution in [3.63, 3.8) is 0 Å². The molecule has 0 aliphatic carbocycles. The van der Waals surface area contributed by atoms with E-state index in [0.717, 1.165) is 45.2 Å². The van der Waals surface area contributed by atoms with Gasteiger partial charge in [0.25, 0.3) is 0 Å². The molecule has 8 heteroatoms. The number of nitrogens with zero attached hydrogens (tertiary/aromatic N) is 2. The van der Waals surface area contributed by atoms with Crippen LogP contribution in [0.1, 0.15) is 149 Å². The molecule has 0 radical (unpaired) electrons. The maximum Gasteiger partial charge on any atom is 0.305 e. The highest BCUT2D eigenvalue weighted by Crippen LogP contribution is 2.13. The molecular formula is C37H76N2O6+2. The van der Waals surface area contributed by atoms with Gasteiger partial charge < -0.3 is 28.7 Å². The van der Waals surface area contributed by atoms with E-state index in [1.807, 2.05) is 0 Å². The normalized spacial score (nSPS) is 13.5. The number of aliphatic hydroxyl groups is 2. The summed E-state index contributed by atoms with van der Waals surface area (Å²) in [6, 6.07) is 0. The summed E-state index contributed by atoms with van der Waals surface area (Å²) in [5, 5.41) is 21.0. The van der Waals surface area contributed by atoms with Gasteiger partial charge in [0.2, 0.25) is 0 Å². The van der Waals surface area contributed by atoms with Crippen molar-refractivity contribution < 1.29 is 38.2 Å². The lowest BCUT2D eigenvalue weighted by Gasteiger charge is -2.35. The molecule has 0 aromatic heterocycles. The maximum absolute atomic E-state index is 12.1. The van der Waals surface area contributed by atoms with E-state index in [0.29, 0.717) is 34.9 Å². The van der Waals surface area contributed by atoms with Crippen molar-refractivity contribution in [1.29, 1.82) is 0 Å². The lowest BCUT2D eigenvalue weighted by Crippen LogP contribution is -2.51. The largest absolute Gasteiger partial charge is 0.463 e. The van der Waals surface area contributed by atoms with Crippen molar-refractivity contribution in [3.8, 4) is 0 Å². The highest BCUT2D eigenvalue weighted by molar-refractivity contribution is 5.69. The Labute approximate surface area is 278 Å². The van der Waals surface area contributed by atoms with Gasteiger partial charge in [0, 0.05) is 19.3 Å². The minimum absolute atomic E-state index is 0.0452. The number of aliphatic hydroxyl groups excluding tert-OH is 2. The van der Waals surface area contributed by atoms with Gasteiger partial charge in [0.1, 0.15) is 38.5 Å². The van der Waals surface area contributed by atoms with Crippen LogP contribution in [0.2, 0.25) is 0 Å². The zero-order valence-corrected chi connectivity index (χ0v) is 30.7. The van der Waals surface area contributed by atoms with Crippen molar-refractivity contribution >= 4 is 11.9 Å². The van der Waals surface area contributed by atoms with Gasteiger partial charge in [-0.25, -0.2) is 0 Å². The van der Waals surface area contributed by atoms with Crippen LogP contribution in [0.4, 0.5) is 0 Å². The number of unbranched alkanes of at least 4 members (excludes halogenated alkanes) is 16. The second-order valence-corrected chi connectivity index (χ2v) is 14.9. The molecule has 2 atom stereocenters. The second kappa shape index (κ2) is 27.9. The highest BCUT2D eigenvalue weighted by atomic mass is 16.5. The van der Waals surface area contributed by atoms with Crippen molar-refractivity contribution in [2.75, 3.05) is 67.6 Å². The first-order valence-corrected chi connectivity index (χ1v) is 18.7. The van der Waals surface area contributed by atoms with Gasteiger partial charge >= 0.3 is 11.9 Å². The number of hydrogen-bond donors (Lipinski definition) is 2. The monoisotopic (exact) mass is 645 g/mol. The van der Waals surface area contributed by atoms with Crippen LogP contribution < -0.4 is 0 Å². The van der Waals surface area contributed by atoms with Crippen LogP contribution in [0, 0.1) is 0 Å². The van der Waals surface area contributed by atoms with Gasteiger partial charge in [-0.05, 0) is 12.8 Å². The first-order chi connectivity index (χ1) is 21.4. The molecule has 0 aromatic carbocycles. The molecule has 0 heterocycles. The molecule has 2 unspecified atom stereocenters. The van der Waals surface area contributed by atoms with Crippen molar-refractivity contribution in [2.24, 2.45) is 0 Å². The number of rotatable bonds is 32. The summed E-state index contributed by atoms with van der Waals surface area (Å²) in [5.41, 5.74) is 0. The smallest absolute Gasteiger partial charge is 0.305 e. The minimum atomic E-state index is -0.693. The van der Waals surface area contributed by atoms with Crippen molar-refractivity contribution in [2.45, 2.75) is 161 Å². The molecular weight excluding hydrogens is 568 g/mol.